The number of hydrogen-bond donors (Lipinski definition) is 3. The Labute approximate surface area is 107 Å². The maximum absolute atomic E-state index is 10.9. The molecule has 0 saturated carbocycles. The number of nitrogens with one attached hydrogen (secondary N) is 1. The van der Waals surface area contributed by atoms with Gasteiger partial charge in [0.1, 0.15) is 15.6 Å². The van der Waals surface area contributed by atoms with Crippen LogP contribution >= 0.6 is 0 Å². The molecule has 0 unspecified atom stereocenters. The van der Waals surface area contributed by atoms with Gasteiger partial charge >= 0.3 is 0 Å². The molecule has 0 bridgehead atoms. The van der Waals surface area contributed by atoms with E-state index in [1.165, 1.54) is 12.5 Å². The Morgan fingerprint density at radius 3 is 2.67 bits per heavy atom. The van der Waals surface area contributed by atoms with E-state index in [-0.39, 0.29) is 18.1 Å². The van der Waals surface area contributed by atoms with Crippen molar-refractivity contribution < 1.29 is 18.6 Å². The fourth-order valence-electron chi connectivity index (χ4n) is 1.49. The highest BCUT2D eigenvalue weighted by Gasteiger charge is 2.11. The highest BCUT2D eigenvalue weighted by atomic mass is 32.2. The summed E-state index contributed by atoms with van der Waals surface area (Å²) >= 11 is 0. The molecule has 6 nitrogen and oxygen atoms in total. The van der Waals surface area contributed by atoms with E-state index in [4.69, 9.17) is 5.11 Å². The van der Waals surface area contributed by atoms with E-state index in [0.717, 1.165) is 0 Å². The second-order valence-corrected chi connectivity index (χ2v) is 6.42. The van der Waals surface area contributed by atoms with Crippen molar-refractivity contribution in [3.05, 3.63) is 23.0 Å². The molecule has 0 amide bonds. The number of hydrogen-bond acceptors (Lipinski definition) is 6. The molecule has 0 atom stereocenters. The molecule has 18 heavy (non-hydrogen) atoms. The molecule has 0 aliphatic carbocycles. The van der Waals surface area contributed by atoms with Crippen LogP contribution in [0.25, 0.3) is 0 Å². The number of aliphatic hydroxyl groups is 1. The molecule has 0 radical (unpaired) electrons. The Bertz CT molecular complexity index is 514. The lowest BCUT2D eigenvalue weighted by molar-refractivity contribution is 0.278. The van der Waals surface area contributed by atoms with E-state index in [1.54, 1.807) is 6.92 Å². The Balaban J connectivity index is 2.69. The highest BCUT2D eigenvalue weighted by molar-refractivity contribution is 7.90. The second-order valence-electron chi connectivity index (χ2n) is 4.16. The van der Waals surface area contributed by atoms with Gasteiger partial charge in [-0.2, -0.15) is 0 Å². The second kappa shape index (κ2) is 6.12. The number of aryl methyl sites for hydroxylation is 1. The maximum atomic E-state index is 10.9. The average Bonchev–Trinajstić information content (AvgIpc) is 2.28. The van der Waals surface area contributed by atoms with Crippen molar-refractivity contribution >= 4 is 9.84 Å². The van der Waals surface area contributed by atoms with Crippen LogP contribution in [0.4, 0.5) is 0 Å². The minimum atomic E-state index is -3.00. The molecule has 1 aromatic rings. The van der Waals surface area contributed by atoms with Gasteiger partial charge in [0.05, 0.1) is 18.1 Å². The van der Waals surface area contributed by atoms with Gasteiger partial charge in [0.2, 0.25) is 0 Å². The van der Waals surface area contributed by atoms with Gasteiger partial charge in [0.25, 0.3) is 0 Å². The number of pyridine rings is 1. The predicted octanol–water partition coefficient (Wildman–Crippen LogP) is -0.278. The van der Waals surface area contributed by atoms with E-state index in [1.807, 2.05) is 0 Å². The minimum Gasteiger partial charge on any atom is -0.506 e. The first-order valence-electron chi connectivity index (χ1n) is 5.50. The van der Waals surface area contributed by atoms with Crippen LogP contribution in [0.1, 0.15) is 16.8 Å². The third kappa shape index (κ3) is 4.25. The summed E-state index contributed by atoms with van der Waals surface area (Å²) in [6.07, 6.45) is 2.67. The summed E-state index contributed by atoms with van der Waals surface area (Å²) in [5.74, 6) is 0.0696. The molecule has 1 heterocycles. The number of sulfone groups is 1. The largest absolute Gasteiger partial charge is 0.506 e. The van der Waals surface area contributed by atoms with Crippen molar-refractivity contribution in [3.8, 4) is 5.75 Å². The summed E-state index contributed by atoms with van der Waals surface area (Å²) in [7, 11) is -3.00. The van der Waals surface area contributed by atoms with Crippen LogP contribution in [0.5, 0.6) is 5.75 Å². The van der Waals surface area contributed by atoms with Crippen LogP contribution in [-0.4, -0.2) is 42.2 Å². The van der Waals surface area contributed by atoms with E-state index in [2.05, 4.69) is 10.3 Å². The molecule has 0 aliphatic heterocycles. The summed E-state index contributed by atoms with van der Waals surface area (Å²) in [6, 6.07) is 0. The van der Waals surface area contributed by atoms with Crippen LogP contribution in [0.3, 0.4) is 0 Å². The van der Waals surface area contributed by atoms with Crippen molar-refractivity contribution in [2.75, 3.05) is 18.6 Å². The summed E-state index contributed by atoms with van der Waals surface area (Å²) in [5.41, 5.74) is 1.57. The lowest BCUT2D eigenvalue weighted by Gasteiger charge is -2.12. The van der Waals surface area contributed by atoms with E-state index < -0.39 is 9.84 Å². The molecule has 0 aromatic carbocycles. The van der Waals surface area contributed by atoms with Gasteiger partial charge in [-0.25, -0.2) is 8.42 Å². The first-order chi connectivity index (χ1) is 8.35. The van der Waals surface area contributed by atoms with Crippen molar-refractivity contribution in [2.24, 2.45) is 0 Å². The van der Waals surface area contributed by atoms with Gasteiger partial charge in [-0.3, -0.25) is 4.98 Å². The zero-order valence-electron chi connectivity index (χ0n) is 10.5. The summed E-state index contributed by atoms with van der Waals surface area (Å²) in [5, 5.41) is 21.9. The number of nitrogens with zero attached hydrogens (tertiary/aromatic N) is 1. The van der Waals surface area contributed by atoms with Crippen LogP contribution in [0.15, 0.2) is 6.20 Å². The smallest absolute Gasteiger partial charge is 0.148 e. The van der Waals surface area contributed by atoms with Crippen molar-refractivity contribution in [3.63, 3.8) is 0 Å². The molecular weight excluding hydrogens is 256 g/mol. The zero-order valence-corrected chi connectivity index (χ0v) is 11.3. The number of rotatable bonds is 6. The van der Waals surface area contributed by atoms with Crippen molar-refractivity contribution in [2.45, 2.75) is 20.1 Å². The molecule has 1 aromatic heterocycles. The SMILES string of the molecule is Cc1ncc(CO)c(CNCCS(C)(=O)=O)c1O. The van der Waals surface area contributed by atoms with Gasteiger partial charge in [0, 0.05) is 36.7 Å². The summed E-state index contributed by atoms with van der Waals surface area (Å²) in [6.45, 7) is 2.03. The van der Waals surface area contributed by atoms with Gasteiger partial charge < -0.3 is 15.5 Å². The normalized spacial score (nSPS) is 11.7. The third-order valence-corrected chi connectivity index (χ3v) is 3.50. The van der Waals surface area contributed by atoms with Gasteiger partial charge in [-0.15, -0.1) is 0 Å². The van der Waals surface area contributed by atoms with Crippen LogP contribution < -0.4 is 5.32 Å². The zero-order chi connectivity index (χ0) is 13.8. The molecule has 1 rings (SSSR count). The predicted molar refractivity (Wildman–Crippen MR) is 68.0 cm³/mol. The molecule has 102 valence electrons. The molecular formula is C11H18N2O4S. The van der Waals surface area contributed by atoms with Crippen molar-refractivity contribution in [1.82, 2.24) is 10.3 Å². The van der Waals surface area contributed by atoms with Crippen molar-refractivity contribution in [1.29, 1.82) is 0 Å². The standard InChI is InChI=1S/C11H18N2O4S/c1-8-11(15)10(9(7-14)5-13-8)6-12-3-4-18(2,16)17/h5,12,14-15H,3-4,6-7H2,1-2H3. The van der Waals surface area contributed by atoms with Crippen LogP contribution in [0.2, 0.25) is 0 Å². The van der Waals surface area contributed by atoms with E-state index >= 15 is 0 Å². The Morgan fingerprint density at radius 1 is 1.44 bits per heavy atom. The fourth-order valence-corrected chi connectivity index (χ4v) is 2.00. The van der Waals surface area contributed by atoms with E-state index in [9.17, 15) is 13.5 Å². The third-order valence-electron chi connectivity index (χ3n) is 2.55. The minimum absolute atomic E-state index is 0.0340. The summed E-state index contributed by atoms with van der Waals surface area (Å²) in [4.78, 5) is 3.94. The van der Waals surface area contributed by atoms with Crippen LogP contribution in [0, 0.1) is 6.92 Å². The molecule has 3 N–H and O–H groups in total. The number of aliphatic hydroxyl groups excluding tert-OH is 1. The van der Waals surface area contributed by atoms with Crippen LogP contribution in [-0.2, 0) is 23.0 Å². The highest BCUT2D eigenvalue weighted by Crippen LogP contribution is 2.23. The van der Waals surface area contributed by atoms with E-state index in [0.29, 0.717) is 29.9 Å². The quantitative estimate of drug-likeness (QED) is 0.617. The Hall–Kier alpha value is -1.18. The molecule has 0 aliphatic rings. The fraction of sp³-hybridized carbons (Fsp3) is 0.545. The molecule has 0 spiro atoms. The first kappa shape index (κ1) is 14.9. The molecule has 7 heteroatoms. The van der Waals surface area contributed by atoms with Gasteiger partial charge in [-0.05, 0) is 6.92 Å². The summed E-state index contributed by atoms with van der Waals surface area (Å²) < 4.78 is 21.9. The van der Waals surface area contributed by atoms with Gasteiger partial charge in [0.15, 0.2) is 0 Å². The Morgan fingerprint density at radius 2 is 2.11 bits per heavy atom. The monoisotopic (exact) mass is 274 g/mol. The number of aromatic nitrogens is 1. The van der Waals surface area contributed by atoms with Gasteiger partial charge in [-0.1, -0.05) is 0 Å². The number of aromatic hydroxyl groups is 1. The molecule has 0 fully saturated rings. The topological polar surface area (TPSA) is 99.5 Å². The lowest BCUT2D eigenvalue weighted by atomic mass is 10.1. The molecule has 0 saturated heterocycles. The Kier molecular flexibility index (Phi) is 5.06. The average molecular weight is 274 g/mol. The first-order valence-corrected chi connectivity index (χ1v) is 7.57. The maximum Gasteiger partial charge on any atom is 0.148 e. The lowest BCUT2D eigenvalue weighted by Crippen LogP contribution is -2.22.